The summed E-state index contributed by atoms with van der Waals surface area (Å²) < 4.78 is 0. The molecule has 15 heavy (non-hydrogen) atoms. The fraction of sp³-hybridized carbons (Fsp3) is 0.444. The van der Waals surface area contributed by atoms with Crippen LogP contribution in [0.4, 0.5) is 0 Å². The summed E-state index contributed by atoms with van der Waals surface area (Å²) in [5, 5.41) is 26.7. The average molecular weight is 253 g/mol. The van der Waals surface area contributed by atoms with Crippen LogP contribution >= 0.6 is 23.2 Å². The summed E-state index contributed by atoms with van der Waals surface area (Å²) in [5.41, 5.74) is -2.42. The van der Waals surface area contributed by atoms with Crippen LogP contribution in [0.2, 0.25) is 0 Å². The molecule has 0 aliphatic heterocycles. The highest BCUT2D eigenvalue weighted by atomic mass is 35.5. The lowest BCUT2D eigenvalue weighted by atomic mass is 9.95. The predicted molar refractivity (Wildman–Crippen MR) is 55.9 cm³/mol. The molecule has 3 atom stereocenters. The molecular formula is C9H10Cl2O4. The average Bonchev–Trinajstić information content (AvgIpc) is 2.34. The zero-order chi connectivity index (χ0) is 11.8. The molecule has 84 valence electrons. The standard InChI is InChI=1S/C9H10Cl2O4/c1-2-3-4-5(10)6(12)7(11)9(4,15)8(13)14/h2-3,6-7,12,15H,1H3,(H,13,14)/b3-2+/t6-,7+,9-/m1/s1. The zero-order valence-electron chi connectivity index (χ0n) is 7.82. The second kappa shape index (κ2) is 4.14. The highest BCUT2D eigenvalue weighted by Crippen LogP contribution is 2.42. The van der Waals surface area contributed by atoms with Crippen LogP contribution in [0.1, 0.15) is 6.92 Å². The quantitative estimate of drug-likeness (QED) is 0.637. The molecule has 0 radical (unpaired) electrons. The lowest BCUT2D eigenvalue weighted by molar-refractivity contribution is -0.154. The van der Waals surface area contributed by atoms with Crippen LogP contribution in [0.15, 0.2) is 22.8 Å². The Labute approximate surface area is 96.4 Å². The van der Waals surface area contributed by atoms with E-state index in [2.05, 4.69) is 0 Å². The third kappa shape index (κ3) is 1.67. The Bertz CT molecular complexity index is 350. The molecular weight excluding hydrogens is 243 g/mol. The van der Waals surface area contributed by atoms with E-state index >= 15 is 0 Å². The summed E-state index contributed by atoms with van der Waals surface area (Å²) in [7, 11) is 0. The van der Waals surface area contributed by atoms with E-state index in [9.17, 15) is 15.0 Å². The van der Waals surface area contributed by atoms with Gasteiger partial charge in [-0.05, 0) is 6.92 Å². The van der Waals surface area contributed by atoms with Gasteiger partial charge < -0.3 is 15.3 Å². The van der Waals surface area contributed by atoms with Crippen molar-refractivity contribution in [3.63, 3.8) is 0 Å². The number of aliphatic hydroxyl groups is 2. The fourth-order valence-electron chi connectivity index (χ4n) is 1.45. The van der Waals surface area contributed by atoms with Crippen LogP contribution in [0.3, 0.4) is 0 Å². The van der Waals surface area contributed by atoms with E-state index in [-0.39, 0.29) is 10.6 Å². The zero-order valence-corrected chi connectivity index (χ0v) is 9.33. The van der Waals surface area contributed by atoms with Crippen LogP contribution in [-0.2, 0) is 4.79 Å². The summed E-state index contributed by atoms with van der Waals surface area (Å²) in [6, 6.07) is 0. The number of hydrogen-bond donors (Lipinski definition) is 3. The molecule has 6 heteroatoms. The Kier molecular flexibility index (Phi) is 3.45. The largest absolute Gasteiger partial charge is 0.479 e. The van der Waals surface area contributed by atoms with Crippen molar-refractivity contribution in [1.82, 2.24) is 0 Å². The number of allylic oxidation sites excluding steroid dienone is 1. The minimum Gasteiger partial charge on any atom is -0.479 e. The van der Waals surface area contributed by atoms with Gasteiger partial charge in [0, 0.05) is 5.57 Å². The summed E-state index contributed by atoms with van der Waals surface area (Å²) in [6.07, 6.45) is 1.45. The number of aliphatic carboxylic acids is 1. The van der Waals surface area contributed by atoms with Crippen molar-refractivity contribution in [2.24, 2.45) is 0 Å². The molecule has 0 saturated heterocycles. The number of alkyl halides is 1. The van der Waals surface area contributed by atoms with Crippen LogP contribution in [0, 0.1) is 0 Å². The molecule has 0 unspecified atom stereocenters. The number of rotatable bonds is 2. The van der Waals surface area contributed by atoms with Gasteiger partial charge in [0.15, 0.2) is 0 Å². The molecule has 0 fully saturated rings. The van der Waals surface area contributed by atoms with Gasteiger partial charge in [0.2, 0.25) is 5.60 Å². The summed E-state index contributed by atoms with van der Waals surface area (Å²) in [6.45, 7) is 1.63. The van der Waals surface area contributed by atoms with Gasteiger partial charge in [-0.1, -0.05) is 23.8 Å². The first-order valence-corrected chi connectivity index (χ1v) is 4.99. The topological polar surface area (TPSA) is 77.8 Å². The van der Waals surface area contributed by atoms with Gasteiger partial charge in [0.1, 0.15) is 11.5 Å². The predicted octanol–water partition coefficient (Wildman–Crippen LogP) is 0.853. The smallest absolute Gasteiger partial charge is 0.342 e. The van der Waals surface area contributed by atoms with Crippen molar-refractivity contribution in [1.29, 1.82) is 0 Å². The molecule has 0 aromatic carbocycles. The van der Waals surface area contributed by atoms with Crippen molar-refractivity contribution in [3.05, 3.63) is 22.8 Å². The summed E-state index contributed by atoms with van der Waals surface area (Å²) in [4.78, 5) is 10.9. The van der Waals surface area contributed by atoms with E-state index in [0.717, 1.165) is 0 Å². The van der Waals surface area contributed by atoms with Crippen molar-refractivity contribution < 1.29 is 20.1 Å². The van der Waals surface area contributed by atoms with Gasteiger partial charge in [-0.2, -0.15) is 0 Å². The van der Waals surface area contributed by atoms with Crippen molar-refractivity contribution >= 4 is 29.2 Å². The Morgan fingerprint density at radius 1 is 1.60 bits per heavy atom. The lowest BCUT2D eigenvalue weighted by Gasteiger charge is -2.24. The monoisotopic (exact) mass is 252 g/mol. The molecule has 0 bridgehead atoms. The molecule has 0 heterocycles. The summed E-state index contributed by atoms with van der Waals surface area (Å²) in [5.74, 6) is -1.54. The number of carboxylic acids is 1. The van der Waals surface area contributed by atoms with Crippen molar-refractivity contribution in [2.75, 3.05) is 0 Å². The number of hydrogen-bond acceptors (Lipinski definition) is 3. The van der Waals surface area contributed by atoms with Crippen LogP contribution in [0.5, 0.6) is 0 Å². The first-order valence-electron chi connectivity index (χ1n) is 4.18. The first kappa shape index (κ1) is 12.5. The van der Waals surface area contributed by atoms with E-state index < -0.39 is 23.1 Å². The maximum absolute atomic E-state index is 10.9. The number of aliphatic hydroxyl groups excluding tert-OH is 1. The van der Waals surface area contributed by atoms with Crippen LogP contribution in [0.25, 0.3) is 0 Å². The first-order chi connectivity index (χ1) is 6.87. The van der Waals surface area contributed by atoms with Gasteiger partial charge >= 0.3 is 5.97 Å². The second-order valence-electron chi connectivity index (χ2n) is 3.18. The molecule has 0 amide bonds. The molecule has 0 spiro atoms. The fourth-order valence-corrected chi connectivity index (χ4v) is 2.19. The molecule has 4 nitrogen and oxygen atoms in total. The number of carboxylic acid groups (broad SMARTS) is 1. The Hall–Kier alpha value is -0.550. The molecule has 3 N–H and O–H groups in total. The molecule has 0 saturated carbocycles. The SMILES string of the molecule is C/C=C/C1=C(Cl)[C@@H](O)[C@H](Cl)[C@@]1(O)C(=O)O. The highest BCUT2D eigenvalue weighted by Gasteiger charge is 2.56. The van der Waals surface area contributed by atoms with E-state index in [1.807, 2.05) is 0 Å². The normalized spacial score (nSPS) is 36.6. The van der Waals surface area contributed by atoms with Gasteiger partial charge in [-0.3, -0.25) is 0 Å². The van der Waals surface area contributed by atoms with E-state index in [0.29, 0.717) is 0 Å². The third-order valence-corrected chi connectivity index (χ3v) is 3.24. The Balaban J connectivity index is 3.33. The van der Waals surface area contributed by atoms with Crippen LogP contribution in [-0.4, -0.2) is 38.4 Å². The van der Waals surface area contributed by atoms with E-state index in [4.69, 9.17) is 28.3 Å². The number of halogens is 2. The van der Waals surface area contributed by atoms with Gasteiger partial charge in [0.05, 0.1) is 5.03 Å². The molecule has 0 aromatic heterocycles. The molecule has 1 rings (SSSR count). The van der Waals surface area contributed by atoms with Crippen LogP contribution < -0.4 is 0 Å². The minimum atomic E-state index is -2.34. The van der Waals surface area contributed by atoms with Gasteiger partial charge in [-0.25, -0.2) is 4.79 Å². The van der Waals surface area contributed by atoms with Crippen molar-refractivity contribution in [3.8, 4) is 0 Å². The molecule has 1 aliphatic rings. The van der Waals surface area contributed by atoms with E-state index in [1.165, 1.54) is 12.2 Å². The Morgan fingerprint density at radius 3 is 2.53 bits per heavy atom. The maximum Gasteiger partial charge on any atom is 0.342 e. The van der Waals surface area contributed by atoms with E-state index in [1.54, 1.807) is 6.92 Å². The summed E-state index contributed by atoms with van der Waals surface area (Å²) >= 11 is 11.4. The van der Waals surface area contributed by atoms with Crippen molar-refractivity contribution in [2.45, 2.75) is 24.0 Å². The third-order valence-electron chi connectivity index (χ3n) is 2.26. The highest BCUT2D eigenvalue weighted by molar-refractivity contribution is 6.34. The number of carbonyl (C=O) groups is 1. The molecule has 1 aliphatic carbocycles. The second-order valence-corrected chi connectivity index (χ2v) is 4.06. The lowest BCUT2D eigenvalue weighted by Crippen LogP contribution is -2.48. The van der Waals surface area contributed by atoms with Gasteiger partial charge in [0.25, 0.3) is 0 Å². The molecule has 0 aromatic rings. The maximum atomic E-state index is 10.9. The minimum absolute atomic E-state index is 0.0772. The van der Waals surface area contributed by atoms with Gasteiger partial charge in [-0.15, -0.1) is 11.6 Å². The Morgan fingerprint density at radius 2 is 2.13 bits per heavy atom.